The molecule has 11 heavy (non-hydrogen) atoms. The lowest BCUT2D eigenvalue weighted by atomic mass is 10.3. The van der Waals surface area contributed by atoms with Crippen LogP contribution in [0.25, 0.3) is 0 Å². The third kappa shape index (κ3) is 3.40. The smallest absolute Gasteiger partial charge is 0.117 e. The third-order valence-electron chi connectivity index (χ3n) is 1.75. The number of aliphatic hydroxyl groups is 1. The Bertz CT molecular complexity index is 109. The van der Waals surface area contributed by atoms with E-state index in [0.717, 1.165) is 24.6 Å². The molecule has 0 aliphatic carbocycles. The van der Waals surface area contributed by atoms with E-state index in [1.807, 2.05) is 11.8 Å². The molecule has 1 atom stereocenters. The molecular formula is C7H14FNOS. The van der Waals surface area contributed by atoms with E-state index >= 15 is 0 Å². The fraction of sp³-hybridized carbons (Fsp3) is 1.00. The summed E-state index contributed by atoms with van der Waals surface area (Å²) < 4.78 is 11.9. The van der Waals surface area contributed by atoms with Gasteiger partial charge < -0.3 is 5.11 Å². The number of nitrogens with zero attached hydrogens (tertiary/aromatic N) is 1. The first-order valence-electron chi connectivity index (χ1n) is 3.87. The standard InChI is InChI=1S/C7H14FNOS/c8-5-7(10)6-9-1-3-11-4-2-9/h7,10H,1-6H2. The maximum atomic E-state index is 11.9. The molecule has 0 aromatic rings. The SMILES string of the molecule is OC(CF)CN1CCSCC1. The van der Waals surface area contributed by atoms with Crippen LogP contribution in [0.1, 0.15) is 0 Å². The Kier molecular flexibility index (Phi) is 4.18. The van der Waals surface area contributed by atoms with E-state index in [1.165, 1.54) is 0 Å². The van der Waals surface area contributed by atoms with Crippen molar-refractivity contribution in [3.8, 4) is 0 Å². The number of alkyl halides is 1. The maximum Gasteiger partial charge on any atom is 0.117 e. The molecule has 0 radical (unpaired) electrons. The second kappa shape index (κ2) is 4.95. The number of β-amino-alcohol motifs (C(OH)–C–C–N with tert-alkyl or cyclic N) is 1. The molecule has 66 valence electrons. The van der Waals surface area contributed by atoms with Crippen LogP contribution >= 0.6 is 11.8 Å². The Morgan fingerprint density at radius 1 is 1.45 bits per heavy atom. The summed E-state index contributed by atoms with van der Waals surface area (Å²) in [7, 11) is 0. The fourth-order valence-corrected chi connectivity index (χ4v) is 2.11. The average molecular weight is 179 g/mol. The monoisotopic (exact) mass is 179 g/mol. The number of rotatable bonds is 3. The van der Waals surface area contributed by atoms with Crippen molar-refractivity contribution in [3.63, 3.8) is 0 Å². The van der Waals surface area contributed by atoms with Crippen molar-refractivity contribution in [1.82, 2.24) is 4.90 Å². The summed E-state index contributed by atoms with van der Waals surface area (Å²) in [4.78, 5) is 2.11. The second-order valence-electron chi connectivity index (χ2n) is 2.72. The second-order valence-corrected chi connectivity index (χ2v) is 3.95. The molecule has 1 heterocycles. The molecule has 1 saturated heterocycles. The Labute approximate surface area is 70.8 Å². The van der Waals surface area contributed by atoms with Gasteiger partial charge in [0.15, 0.2) is 0 Å². The third-order valence-corrected chi connectivity index (χ3v) is 2.69. The van der Waals surface area contributed by atoms with Crippen molar-refractivity contribution in [2.24, 2.45) is 0 Å². The molecule has 1 aliphatic rings. The normalized spacial score (nSPS) is 23.5. The highest BCUT2D eigenvalue weighted by atomic mass is 32.2. The van der Waals surface area contributed by atoms with Gasteiger partial charge in [-0.1, -0.05) is 0 Å². The lowest BCUT2D eigenvalue weighted by Gasteiger charge is -2.27. The summed E-state index contributed by atoms with van der Waals surface area (Å²) in [5.74, 6) is 2.22. The van der Waals surface area contributed by atoms with Crippen LogP contribution in [0, 0.1) is 0 Å². The molecule has 0 aromatic carbocycles. The Hall–Kier alpha value is 0.200. The highest BCUT2D eigenvalue weighted by Gasteiger charge is 2.13. The number of halogens is 1. The van der Waals surface area contributed by atoms with Gasteiger partial charge in [0.05, 0.1) is 6.10 Å². The van der Waals surface area contributed by atoms with Crippen molar-refractivity contribution in [3.05, 3.63) is 0 Å². The molecule has 0 aromatic heterocycles. The van der Waals surface area contributed by atoms with Crippen LogP contribution in [-0.2, 0) is 0 Å². The first kappa shape index (κ1) is 9.29. The predicted octanol–water partition coefficient (Wildman–Crippen LogP) is 0.366. The Morgan fingerprint density at radius 3 is 2.64 bits per heavy atom. The molecule has 4 heteroatoms. The maximum absolute atomic E-state index is 11.9. The van der Waals surface area contributed by atoms with E-state index in [9.17, 15) is 4.39 Å². The summed E-state index contributed by atoms with van der Waals surface area (Å²) in [6, 6.07) is 0. The van der Waals surface area contributed by atoms with Crippen molar-refractivity contribution in [1.29, 1.82) is 0 Å². The molecule has 1 rings (SSSR count). The lowest BCUT2D eigenvalue weighted by Crippen LogP contribution is -2.39. The van der Waals surface area contributed by atoms with E-state index in [0.29, 0.717) is 6.54 Å². The molecule has 1 aliphatic heterocycles. The highest BCUT2D eigenvalue weighted by molar-refractivity contribution is 7.99. The van der Waals surface area contributed by atoms with Crippen LogP contribution in [0.5, 0.6) is 0 Å². The van der Waals surface area contributed by atoms with Gasteiger partial charge in [-0.05, 0) is 0 Å². The summed E-state index contributed by atoms with van der Waals surface area (Å²) in [5, 5.41) is 8.99. The van der Waals surface area contributed by atoms with Gasteiger partial charge in [-0.15, -0.1) is 0 Å². The molecular weight excluding hydrogens is 165 g/mol. The summed E-state index contributed by atoms with van der Waals surface area (Å²) in [6.45, 7) is 1.85. The summed E-state index contributed by atoms with van der Waals surface area (Å²) >= 11 is 1.92. The summed E-state index contributed by atoms with van der Waals surface area (Å²) in [6.07, 6.45) is -0.780. The van der Waals surface area contributed by atoms with E-state index in [4.69, 9.17) is 5.11 Å². The van der Waals surface area contributed by atoms with Gasteiger partial charge in [0.2, 0.25) is 0 Å². The quantitative estimate of drug-likeness (QED) is 0.677. The lowest BCUT2D eigenvalue weighted by molar-refractivity contribution is 0.0940. The number of thioether (sulfide) groups is 1. The van der Waals surface area contributed by atoms with Crippen LogP contribution in [-0.4, -0.2) is 53.9 Å². The molecule has 0 bridgehead atoms. The molecule has 1 fully saturated rings. The molecule has 2 nitrogen and oxygen atoms in total. The van der Waals surface area contributed by atoms with Gasteiger partial charge in [-0.3, -0.25) is 4.90 Å². The average Bonchev–Trinajstić information content (AvgIpc) is 2.06. The minimum Gasteiger partial charge on any atom is -0.389 e. The van der Waals surface area contributed by atoms with Crippen molar-refractivity contribution in [2.75, 3.05) is 37.8 Å². The topological polar surface area (TPSA) is 23.5 Å². The fourth-order valence-electron chi connectivity index (χ4n) is 1.13. The Balaban J connectivity index is 2.13. The van der Waals surface area contributed by atoms with Gasteiger partial charge in [0.25, 0.3) is 0 Å². The van der Waals surface area contributed by atoms with E-state index in [2.05, 4.69) is 4.90 Å². The van der Waals surface area contributed by atoms with Crippen LogP contribution in [0.4, 0.5) is 4.39 Å². The van der Waals surface area contributed by atoms with Gasteiger partial charge in [-0.25, -0.2) is 4.39 Å². The van der Waals surface area contributed by atoms with E-state index in [-0.39, 0.29) is 0 Å². The number of hydrogen-bond acceptors (Lipinski definition) is 3. The van der Waals surface area contributed by atoms with Crippen LogP contribution < -0.4 is 0 Å². The molecule has 0 saturated carbocycles. The van der Waals surface area contributed by atoms with E-state index < -0.39 is 12.8 Å². The zero-order chi connectivity index (χ0) is 8.10. The van der Waals surface area contributed by atoms with Crippen molar-refractivity contribution in [2.45, 2.75) is 6.10 Å². The van der Waals surface area contributed by atoms with Crippen LogP contribution in [0.15, 0.2) is 0 Å². The zero-order valence-corrected chi connectivity index (χ0v) is 7.32. The molecule has 0 amide bonds. The van der Waals surface area contributed by atoms with E-state index in [1.54, 1.807) is 0 Å². The highest BCUT2D eigenvalue weighted by Crippen LogP contribution is 2.09. The minimum absolute atomic E-state index is 0.497. The molecule has 0 spiro atoms. The minimum atomic E-state index is -0.780. The predicted molar refractivity (Wildman–Crippen MR) is 45.7 cm³/mol. The van der Waals surface area contributed by atoms with Gasteiger partial charge in [0.1, 0.15) is 6.67 Å². The van der Waals surface area contributed by atoms with Crippen LogP contribution in [0.3, 0.4) is 0 Å². The largest absolute Gasteiger partial charge is 0.389 e. The van der Waals surface area contributed by atoms with Crippen molar-refractivity contribution < 1.29 is 9.50 Å². The van der Waals surface area contributed by atoms with Gasteiger partial charge >= 0.3 is 0 Å². The first-order chi connectivity index (χ1) is 5.33. The van der Waals surface area contributed by atoms with Crippen LogP contribution in [0.2, 0.25) is 0 Å². The first-order valence-corrected chi connectivity index (χ1v) is 5.02. The Morgan fingerprint density at radius 2 is 2.09 bits per heavy atom. The molecule has 1 N–H and O–H groups in total. The van der Waals surface area contributed by atoms with Gasteiger partial charge in [0, 0.05) is 31.1 Å². The number of aliphatic hydroxyl groups excluding tert-OH is 1. The molecule has 1 unspecified atom stereocenters. The summed E-state index contributed by atoms with van der Waals surface area (Å²) in [5.41, 5.74) is 0. The number of hydrogen-bond donors (Lipinski definition) is 1. The van der Waals surface area contributed by atoms with Crippen molar-refractivity contribution >= 4 is 11.8 Å². The van der Waals surface area contributed by atoms with Gasteiger partial charge in [-0.2, -0.15) is 11.8 Å². The zero-order valence-electron chi connectivity index (χ0n) is 6.50.